The molecule has 0 spiro atoms. The Bertz CT molecular complexity index is 476. The van der Waals surface area contributed by atoms with Crippen LogP contribution in [-0.4, -0.2) is 57.8 Å². The van der Waals surface area contributed by atoms with Gasteiger partial charge in [-0.05, 0) is 0 Å². The molecule has 0 saturated carbocycles. The van der Waals surface area contributed by atoms with Crippen molar-refractivity contribution in [2.24, 2.45) is 0 Å². The summed E-state index contributed by atoms with van der Waals surface area (Å²) in [5.74, 6) is -1.29. The van der Waals surface area contributed by atoms with Crippen molar-refractivity contribution in [2.45, 2.75) is 25.1 Å². The molecule has 2 amide bonds. The molecule has 1 atom stereocenters. The zero-order valence-electron chi connectivity index (χ0n) is 11.1. The maximum atomic E-state index is 12.1. The lowest BCUT2D eigenvalue weighted by Gasteiger charge is -2.21. The first-order chi connectivity index (χ1) is 9.69. The fourth-order valence-electron chi connectivity index (χ4n) is 1.47. The van der Waals surface area contributed by atoms with Crippen LogP contribution >= 0.6 is 0 Å². The molecule has 0 aromatic carbocycles. The number of hydrogen-bond donors (Lipinski definition) is 3. The second-order valence-electron chi connectivity index (χ2n) is 4.41. The molecule has 1 heterocycles. The first-order valence-corrected chi connectivity index (χ1v) is 5.97. The molecule has 0 bridgehead atoms. The standard InChI is InChI=1S/C11H15F3N4O3/c1-18(3-2-11(12,13)14)10(21)17-8(9(19)20)4-7-5-15-6-16-7/h5-6,8H,2-4H2,1H3,(H,15,16)(H,17,21)(H,19,20)/t8-/m0/s1. The monoisotopic (exact) mass is 308 g/mol. The van der Waals surface area contributed by atoms with Crippen molar-refractivity contribution >= 4 is 12.0 Å². The van der Waals surface area contributed by atoms with Gasteiger partial charge in [-0.2, -0.15) is 13.2 Å². The van der Waals surface area contributed by atoms with E-state index in [1.54, 1.807) is 0 Å². The molecule has 0 aliphatic heterocycles. The van der Waals surface area contributed by atoms with Crippen molar-refractivity contribution in [1.29, 1.82) is 0 Å². The molecule has 0 aliphatic carbocycles. The third kappa shape index (κ3) is 6.15. The number of carbonyl (C=O) groups is 2. The molecule has 0 radical (unpaired) electrons. The number of aromatic nitrogens is 2. The minimum absolute atomic E-state index is 0.0474. The number of carbonyl (C=O) groups excluding carboxylic acids is 1. The molecule has 1 aromatic rings. The lowest BCUT2D eigenvalue weighted by Crippen LogP contribution is -2.48. The predicted molar refractivity (Wildman–Crippen MR) is 65.5 cm³/mol. The number of hydrogen-bond acceptors (Lipinski definition) is 3. The van der Waals surface area contributed by atoms with E-state index in [-0.39, 0.29) is 6.42 Å². The normalized spacial score (nSPS) is 12.8. The summed E-state index contributed by atoms with van der Waals surface area (Å²) >= 11 is 0. The van der Waals surface area contributed by atoms with Crippen LogP contribution in [0.1, 0.15) is 12.1 Å². The topological polar surface area (TPSA) is 98.3 Å². The Balaban J connectivity index is 2.54. The molecule has 3 N–H and O–H groups in total. The van der Waals surface area contributed by atoms with Crippen molar-refractivity contribution in [3.05, 3.63) is 18.2 Å². The molecule has 0 unspecified atom stereocenters. The molecule has 21 heavy (non-hydrogen) atoms. The fraction of sp³-hybridized carbons (Fsp3) is 0.545. The van der Waals surface area contributed by atoms with E-state index in [4.69, 9.17) is 5.11 Å². The lowest BCUT2D eigenvalue weighted by molar-refractivity contribution is -0.140. The number of carboxylic acids is 1. The zero-order valence-corrected chi connectivity index (χ0v) is 11.1. The number of H-pyrrole nitrogens is 1. The maximum Gasteiger partial charge on any atom is 0.390 e. The predicted octanol–water partition coefficient (Wildman–Crippen LogP) is 0.999. The summed E-state index contributed by atoms with van der Waals surface area (Å²) in [6.07, 6.45) is -2.83. The van der Waals surface area contributed by atoms with E-state index in [9.17, 15) is 22.8 Å². The van der Waals surface area contributed by atoms with Crippen LogP contribution < -0.4 is 5.32 Å². The summed E-state index contributed by atoms with van der Waals surface area (Å²) in [7, 11) is 1.16. The largest absolute Gasteiger partial charge is 0.480 e. The van der Waals surface area contributed by atoms with Gasteiger partial charge in [-0.15, -0.1) is 0 Å². The molecule has 1 aromatic heterocycles. The van der Waals surface area contributed by atoms with Gasteiger partial charge in [0.2, 0.25) is 0 Å². The minimum Gasteiger partial charge on any atom is -0.480 e. The Hall–Kier alpha value is -2.26. The quantitative estimate of drug-likeness (QED) is 0.730. The number of rotatable bonds is 6. The van der Waals surface area contributed by atoms with E-state index in [2.05, 4.69) is 15.3 Å². The summed E-state index contributed by atoms with van der Waals surface area (Å²) in [6, 6.07) is -2.14. The molecule has 0 saturated heterocycles. The first-order valence-electron chi connectivity index (χ1n) is 5.97. The van der Waals surface area contributed by atoms with Gasteiger partial charge in [-0.3, -0.25) is 0 Å². The third-order valence-corrected chi connectivity index (χ3v) is 2.65. The van der Waals surface area contributed by atoms with Crippen LogP contribution in [0.15, 0.2) is 12.5 Å². The van der Waals surface area contributed by atoms with E-state index < -0.39 is 37.2 Å². The number of imidazole rings is 1. The summed E-state index contributed by atoms with van der Waals surface area (Å²) < 4.78 is 36.2. The van der Waals surface area contributed by atoms with Gasteiger partial charge >= 0.3 is 18.2 Å². The first kappa shape index (κ1) is 16.8. The summed E-state index contributed by atoms with van der Waals surface area (Å²) in [4.78, 5) is 29.9. The molecule has 0 fully saturated rings. The molecular formula is C11H15F3N4O3. The number of halogens is 3. The van der Waals surface area contributed by atoms with Gasteiger partial charge in [0.25, 0.3) is 0 Å². The van der Waals surface area contributed by atoms with Crippen LogP contribution in [0, 0.1) is 0 Å². The Morgan fingerprint density at radius 1 is 1.52 bits per heavy atom. The van der Waals surface area contributed by atoms with E-state index in [0.717, 1.165) is 11.9 Å². The van der Waals surface area contributed by atoms with Gasteiger partial charge in [0, 0.05) is 31.9 Å². The molecule has 0 aliphatic rings. The van der Waals surface area contributed by atoms with Gasteiger partial charge in [0.05, 0.1) is 12.7 Å². The van der Waals surface area contributed by atoms with Crippen molar-refractivity contribution < 1.29 is 27.9 Å². The average Bonchev–Trinajstić information content (AvgIpc) is 2.86. The minimum atomic E-state index is -4.38. The van der Waals surface area contributed by atoms with Gasteiger partial charge in [-0.25, -0.2) is 14.6 Å². The second kappa shape index (κ2) is 6.95. The van der Waals surface area contributed by atoms with Gasteiger partial charge in [0.15, 0.2) is 0 Å². The van der Waals surface area contributed by atoms with Crippen molar-refractivity contribution in [2.75, 3.05) is 13.6 Å². The van der Waals surface area contributed by atoms with E-state index in [0.29, 0.717) is 5.69 Å². The number of aromatic amines is 1. The van der Waals surface area contributed by atoms with Gasteiger partial charge < -0.3 is 20.3 Å². The highest BCUT2D eigenvalue weighted by atomic mass is 19.4. The van der Waals surface area contributed by atoms with Crippen LogP contribution in [-0.2, 0) is 11.2 Å². The third-order valence-electron chi connectivity index (χ3n) is 2.65. The van der Waals surface area contributed by atoms with Crippen molar-refractivity contribution in [3.8, 4) is 0 Å². The highest BCUT2D eigenvalue weighted by molar-refractivity contribution is 5.82. The zero-order chi connectivity index (χ0) is 16.0. The van der Waals surface area contributed by atoms with Crippen LogP contribution in [0.5, 0.6) is 0 Å². The number of nitrogens with zero attached hydrogens (tertiary/aromatic N) is 2. The lowest BCUT2D eigenvalue weighted by atomic mass is 10.1. The SMILES string of the molecule is CN(CCC(F)(F)F)C(=O)N[C@@H](Cc1cnc[nH]1)C(=O)O. The Kier molecular flexibility index (Phi) is 5.56. The Morgan fingerprint density at radius 3 is 2.67 bits per heavy atom. The number of amides is 2. The van der Waals surface area contributed by atoms with Gasteiger partial charge in [-0.1, -0.05) is 0 Å². The Morgan fingerprint density at radius 2 is 2.19 bits per heavy atom. The fourth-order valence-corrected chi connectivity index (χ4v) is 1.47. The maximum absolute atomic E-state index is 12.1. The average molecular weight is 308 g/mol. The summed E-state index contributed by atoms with van der Waals surface area (Å²) in [5.41, 5.74) is 0.487. The highest BCUT2D eigenvalue weighted by Crippen LogP contribution is 2.19. The summed E-state index contributed by atoms with van der Waals surface area (Å²) in [6.45, 7) is -0.550. The van der Waals surface area contributed by atoms with Crippen LogP contribution in [0.25, 0.3) is 0 Å². The molecule has 10 heteroatoms. The van der Waals surface area contributed by atoms with Crippen LogP contribution in [0.4, 0.5) is 18.0 Å². The van der Waals surface area contributed by atoms with Crippen molar-refractivity contribution in [3.63, 3.8) is 0 Å². The smallest absolute Gasteiger partial charge is 0.390 e. The number of aliphatic carboxylic acids is 1. The van der Waals surface area contributed by atoms with Crippen LogP contribution in [0.3, 0.4) is 0 Å². The van der Waals surface area contributed by atoms with Crippen molar-refractivity contribution in [1.82, 2.24) is 20.2 Å². The number of alkyl halides is 3. The molecule has 7 nitrogen and oxygen atoms in total. The number of nitrogens with one attached hydrogen (secondary N) is 2. The number of urea groups is 1. The second-order valence-corrected chi connectivity index (χ2v) is 4.41. The molecular weight excluding hydrogens is 293 g/mol. The highest BCUT2D eigenvalue weighted by Gasteiger charge is 2.29. The van der Waals surface area contributed by atoms with Gasteiger partial charge in [0.1, 0.15) is 6.04 Å². The van der Waals surface area contributed by atoms with E-state index in [1.807, 2.05) is 0 Å². The van der Waals surface area contributed by atoms with E-state index >= 15 is 0 Å². The molecule has 1 rings (SSSR count). The summed E-state index contributed by atoms with van der Waals surface area (Å²) in [5, 5.41) is 11.2. The molecule has 118 valence electrons. The Labute approximate surface area is 118 Å². The number of carboxylic acid groups (broad SMARTS) is 1. The van der Waals surface area contributed by atoms with E-state index in [1.165, 1.54) is 12.5 Å². The van der Waals surface area contributed by atoms with Crippen LogP contribution in [0.2, 0.25) is 0 Å².